The Morgan fingerprint density at radius 1 is 1.30 bits per heavy atom. The van der Waals surface area contributed by atoms with Gasteiger partial charge in [-0.1, -0.05) is 38.9 Å². The Hall–Kier alpha value is -4.22. The highest BCUT2D eigenvalue weighted by Gasteiger charge is 2.29. The first kappa shape index (κ1) is 30.3. The minimum absolute atomic E-state index is 0.0173. The predicted molar refractivity (Wildman–Crippen MR) is 146 cm³/mol. The summed E-state index contributed by atoms with van der Waals surface area (Å²) >= 11 is 0. The smallest absolute Gasteiger partial charge is 0.330 e. The van der Waals surface area contributed by atoms with E-state index < -0.39 is 35.4 Å². The molecule has 40 heavy (non-hydrogen) atoms. The molecular weight excluding hydrogens is 518 g/mol. The standard InChI is InChI=1S/C28H37N5O7/c1-6-22(33-13-7-8-20(27(33)38)31-25(36)21-14-17(2)40-32-21)26(37)30-19(15-18-11-12-29-24(18)35)9-10-23(34)39-16-28(3,4)5/h7-10,13-14,18-19,22H,6,11-12,15-16H2,1-5H3,(H,29,35)(H,30,37)(H,31,36)/b10-9+/t18-,19+,22+/m0/s1. The molecule has 0 unspecified atom stereocenters. The summed E-state index contributed by atoms with van der Waals surface area (Å²) in [4.78, 5) is 63.6. The molecule has 3 atom stereocenters. The van der Waals surface area contributed by atoms with Crippen LogP contribution in [0.4, 0.5) is 5.69 Å². The number of esters is 1. The first-order chi connectivity index (χ1) is 18.9. The van der Waals surface area contributed by atoms with Crippen molar-refractivity contribution in [1.29, 1.82) is 0 Å². The van der Waals surface area contributed by atoms with E-state index in [9.17, 15) is 24.0 Å². The maximum absolute atomic E-state index is 13.4. The maximum atomic E-state index is 13.4. The van der Waals surface area contributed by atoms with Crippen LogP contribution in [0.15, 0.2) is 45.9 Å². The Balaban J connectivity index is 1.77. The zero-order valence-corrected chi connectivity index (χ0v) is 23.5. The normalized spacial score (nSPS) is 16.8. The monoisotopic (exact) mass is 555 g/mol. The van der Waals surface area contributed by atoms with E-state index in [0.717, 1.165) is 0 Å². The summed E-state index contributed by atoms with van der Waals surface area (Å²) in [5, 5.41) is 11.8. The molecule has 216 valence electrons. The van der Waals surface area contributed by atoms with Gasteiger partial charge in [0.15, 0.2) is 5.69 Å². The highest BCUT2D eigenvalue weighted by atomic mass is 16.5. The van der Waals surface area contributed by atoms with Crippen molar-refractivity contribution in [2.45, 2.75) is 66.0 Å². The van der Waals surface area contributed by atoms with Gasteiger partial charge in [0.2, 0.25) is 11.8 Å². The molecule has 1 aliphatic heterocycles. The highest BCUT2D eigenvalue weighted by molar-refractivity contribution is 6.02. The molecule has 3 rings (SSSR count). The molecule has 3 heterocycles. The second-order valence-electron chi connectivity index (χ2n) is 11.0. The number of aryl methyl sites for hydroxylation is 1. The fraction of sp³-hybridized carbons (Fsp3) is 0.500. The topological polar surface area (TPSA) is 162 Å². The zero-order chi connectivity index (χ0) is 29.4. The lowest BCUT2D eigenvalue weighted by Gasteiger charge is -2.23. The fourth-order valence-corrected chi connectivity index (χ4v) is 4.19. The summed E-state index contributed by atoms with van der Waals surface area (Å²) in [5.41, 5.74) is -0.794. The second-order valence-corrected chi connectivity index (χ2v) is 11.0. The van der Waals surface area contributed by atoms with Crippen LogP contribution in [0.5, 0.6) is 0 Å². The van der Waals surface area contributed by atoms with Gasteiger partial charge in [0, 0.05) is 36.8 Å². The van der Waals surface area contributed by atoms with Crippen molar-refractivity contribution in [2.24, 2.45) is 11.3 Å². The number of ether oxygens (including phenoxy) is 1. The van der Waals surface area contributed by atoms with Gasteiger partial charge in [-0.15, -0.1) is 0 Å². The molecule has 0 aromatic carbocycles. The van der Waals surface area contributed by atoms with E-state index >= 15 is 0 Å². The molecule has 3 amide bonds. The summed E-state index contributed by atoms with van der Waals surface area (Å²) in [6, 6.07) is 2.84. The van der Waals surface area contributed by atoms with E-state index in [4.69, 9.17) is 9.26 Å². The number of carbonyl (C=O) groups excluding carboxylic acids is 4. The van der Waals surface area contributed by atoms with Crippen LogP contribution in [-0.4, -0.2) is 52.6 Å². The number of hydrogen-bond acceptors (Lipinski definition) is 8. The Morgan fingerprint density at radius 2 is 2.05 bits per heavy atom. The molecule has 0 aliphatic carbocycles. The van der Waals surface area contributed by atoms with Gasteiger partial charge in [0.05, 0.1) is 6.61 Å². The van der Waals surface area contributed by atoms with Crippen LogP contribution < -0.4 is 21.5 Å². The van der Waals surface area contributed by atoms with Gasteiger partial charge >= 0.3 is 5.97 Å². The molecule has 0 radical (unpaired) electrons. The first-order valence-electron chi connectivity index (χ1n) is 13.3. The molecule has 2 aromatic rings. The van der Waals surface area contributed by atoms with E-state index in [2.05, 4.69) is 21.1 Å². The molecular formula is C28H37N5O7. The van der Waals surface area contributed by atoms with Crippen LogP contribution in [0.1, 0.15) is 69.2 Å². The van der Waals surface area contributed by atoms with Gasteiger partial charge in [0.1, 0.15) is 17.5 Å². The SMILES string of the molecule is CC[C@H](C(=O)N[C@H](/C=C/C(=O)OCC(C)(C)C)C[C@@H]1CCNC1=O)n1cccc(NC(=O)c2cc(C)on2)c1=O. The minimum atomic E-state index is -0.917. The molecule has 0 saturated carbocycles. The Bertz CT molecular complexity index is 1320. The molecule has 0 bridgehead atoms. The number of pyridine rings is 1. The molecule has 3 N–H and O–H groups in total. The highest BCUT2D eigenvalue weighted by Crippen LogP contribution is 2.19. The van der Waals surface area contributed by atoms with E-state index in [0.29, 0.717) is 18.7 Å². The van der Waals surface area contributed by atoms with Gasteiger partial charge < -0.3 is 29.8 Å². The summed E-state index contributed by atoms with van der Waals surface area (Å²) in [6.07, 6.45) is 5.37. The van der Waals surface area contributed by atoms with Gasteiger partial charge in [-0.25, -0.2) is 4.79 Å². The average Bonchev–Trinajstić information content (AvgIpc) is 3.51. The lowest BCUT2D eigenvalue weighted by molar-refractivity contribution is -0.140. The number of amides is 3. The number of nitrogens with one attached hydrogen (secondary N) is 3. The first-order valence-corrected chi connectivity index (χ1v) is 13.3. The lowest BCUT2D eigenvalue weighted by atomic mass is 9.97. The summed E-state index contributed by atoms with van der Waals surface area (Å²) in [7, 11) is 0. The van der Waals surface area contributed by atoms with Crippen LogP contribution in [0.3, 0.4) is 0 Å². The molecule has 1 aliphatic rings. The van der Waals surface area contributed by atoms with E-state index in [1.54, 1.807) is 19.9 Å². The quantitative estimate of drug-likeness (QED) is 0.281. The van der Waals surface area contributed by atoms with Crippen molar-refractivity contribution in [1.82, 2.24) is 20.4 Å². The lowest BCUT2D eigenvalue weighted by Crippen LogP contribution is -2.43. The van der Waals surface area contributed by atoms with Crippen molar-refractivity contribution in [3.8, 4) is 0 Å². The van der Waals surface area contributed by atoms with Crippen LogP contribution in [0.2, 0.25) is 0 Å². The summed E-state index contributed by atoms with van der Waals surface area (Å²) in [5.74, 6) is -1.66. The Labute approximate surface area is 232 Å². The summed E-state index contributed by atoms with van der Waals surface area (Å²) in [6.45, 7) is 9.97. The van der Waals surface area contributed by atoms with Crippen LogP contribution in [0.25, 0.3) is 0 Å². The number of anilines is 1. The zero-order valence-electron chi connectivity index (χ0n) is 23.5. The van der Waals surface area contributed by atoms with Gasteiger partial charge in [-0.05, 0) is 43.7 Å². The van der Waals surface area contributed by atoms with Crippen molar-refractivity contribution >= 4 is 29.4 Å². The van der Waals surface area contributed by atoms with Crippen LogP contribution in [0, 0.1) is 18.3 Å². The van der Waals surface area contributed by atoms with Crippen molar-refractivity contribution in [3.05, 3.63) is 58.4 Å². The Kier molecular flexibility index (Phi) is 10.0. The van der Waals surface area contributed by atoms with E-state index in [-0.39, 0.29) is 48.1 Å². The molecule has 1 fully saturated rings. The molecule has 0 spiro atoms. The number of carbonyl (C=O) groups is 4. The van der Waals surface area contributed by atoms with Gasteiger partial charge in [-0.3, -0.25) is 19.2 Å². The number of nitrogens with zero attached hydrogens (tertiary/aromatic N) is 2. The fourth-order valence-electron chi connectivity index (χ4n) is 4.19. The summed E-state index contributed by atoms with van der Waals surface area (Å²) < 4.78 is 11.4. The van der Waals surface area contributed by atoms with Crippen molar-refractivity contribution < 1.29 is 28.4 Å². The molecule has 2 aromatic heterocycles. The number of aromatic nitrogens is 2. The molecule has 12 nitrogen and oxygen atoms in total. The minimum Gasteiger partial charge on any atom is -0.462 e. The maximum Gasteiger partial charge on any atom is 0.330 e. The second kappa shape index (κ2) is 13.2. The van der Waals surface area contributed by atoms with Gasteiger partial charge in [-0.2, -0.15) is 0 Å². The third-order valence-corrected chi connectivity index (χ3v) is 6.25. The van der Waals surface area contributed by atoms with Crippen LogP contribution >= 0.6 is 0 Å². The van der Waals surface area contributed by atoms with E-state index in [1.165, 1.54) is 35.0 Å². The number of rotatable bonds is 11. The molecule has 1 saturated heterocycles. The third-order valence-electron chi connectivity index (χ3n) is 6.25. The van der Waals surface area contributed by atoms with Gasteiger partial charge in [0.25, 0.3) is 11.5 Å². The largest absolute Gasteiger partial charge is 0.462 e. The number of hydrogen-bond donors (Lipinski definition) is 3. The Morgan fingerprint density at radius 3 is 2.65 bits per heavy atom. The van der Waals surface area contributed by atoms with Crippen LogP contribution in [-0.2, 0) is 19.1 Å². The third kappa shape index (κ3) is 8.39. The molecule has 12 heteroatoms. The average molecular weight is 556 g/mol. The van der Waals surface area contributed by atoms with E-state index in [1.807, 2.05) is 20.8 Å². The van der Waals surface area contributed by atoms with Crippen molar-refractivity contribution in [3.63, 3.8) is 0 Å². The van der Waals surface area contributed by atoms with Crippen molar-refractivity contribution in [2.75, 3.05) is 18.5 Å². The predicted octanol–water partition coefficient (Wildman–Crippen LogP) is 2.50.